The summed E-state index contributed by atoms with van der Waals surface area (Å²) in [6.45, 7) is 4.85. The van der Waals surface area contributed by atoms with Gasteiger partial charge in [-0.3, -0.25) is 0 Å². The highest BCUT2D eigenvalue weighted by atomic mass is 79.9. The zero-order valence-electron chi connectivity index (χ0n) is 12.6. The molecule has 1 N–H and O–H groups in total. The molecule has 0 aliphatic rings. The normalized spacial score (nSPS) is 11.3. The predicted octanol–water partition coefficient (Wildman–Crippen LogP) is 4.56. The van der Waals surface area contributed by atoms with Gasteiger partial charge in [0.25, 0.3) is 0 Å². The molecule has 2 rings (SSSR count). The molecule has 8 heteroatoms. The first-order chi connectivity index (χ1) is 10.6. The maximum absolute atomic E-state index is 13.5. The van der Waals surface area contributed by atoms with Crippen LogP contribution in [0.4, 0.5) is 19.8 Å². The summed E-state index contributed by atoms with van der Waals surface area (Å²) < 4.78 is 19.0. The molecule has 2 amide bonds. The maximum atomic E-state index is 13.5. The van der Waals surface area contributed by atoms with Gasteiger partial charge in [-0.05, 0) is 60.3 Å². The third-order valence-corrected chi connectivity index (χ3v) is 3.39. The van der Waals surface area contributed by atoms with Crippen LogP contribution in [0.3, 0.4) is 0 Å². The lowest BCUT2D eigenvalue weighted by atomic mass is 10.1. The number of nitrogens with zero attached hydrogens (tertiary/aromatic N) is 2. The molecule has 0 unspecified atom stereocenters. The number of aromatic nitrogens is 1. The highest BCUT2D eigenvalue weighted by Gasteiger charge is 2.29. The van der Waals surface area contributed by atoms with Gasteiger partial charge < -0.3 is 9.84 Å². The summed E-state index contributed by atoms with van der Waals surface area (Å²) in [4.78, 5) is 27.8. The quantitative estimate of drug-likeness (QED) is 0.779. The molecule has 0 radical (unpaired) electrons. The monoisotopic (exact) mass is 384 g/mol. The Balaban J connectivity index is 2.50. The number of rotatable bonds is 1. The number of benzene rings is 1. The van der Waals surface area contributed by atoms with Crippen LogP contribution in [0.25, 0.3) is 10.8 Å². The molecule has 0 bridgehead atoms. The summed E-state index contributed by atoms with van der Waals surface area (Å²) in [6, 6.07) is 3.80. The second-order valence-corrected chi connectivity index (χ2v) is 6.60. The molecule has 0 saturated carbocycles. The van der Waals surface area contributed by atoms with Gasteiger partial charge in [-0.1, -0.05) is 0 Å². The smallest absolute Gasteiger partial charge is 0.425 e. The van der Waals surface area contributed by atoms with E-state index in [2.05, 4.69) is 20.9 Å². The van der Waals surface area contributed by atoms with Crippen LogP contribution in [0, 0.1) is 5.82 Å². The van der Waals surface area contributed by atoms with Crippen molar-refractivity contribution < 1.29 is 23.8 Å². The van der Waals surface area contributed by atoms with E-state index in [0.29, 0.717) is 20.1 Å². The summed E-state index contributed by atoms with van der Waals surface area (Å²) in [6.07, 6.45) is -1.26. The molecule has 122 valence electrons. The molecular formula is C15H14BrFN2O4. The van der Waals surface area contributed by atoms with Gasteiger partial charge in [0.15, 0.2) is 0 Å². The lowest BCUT2D eigenvalue weighted by Gasteiger charge is -2.24. The molecule has 0 fully saturated rings. The van der Waals surface area contributed by atoms with Crippen molar-refractivity contribution in [3.05, 3.63) is 34.7 Å². The zero-order chi connectivity index (χ0) is 17.4. The minimum absolute atomic E-state index is 0.170. The van der Waals surface area contributed by atoms with E-state index in [-0.39, 0.29) is 5.82 Å². The third kappa shape index (κ3) is 3.95. The number of pyridine rings is 1. The Kier molecular flexibility index (Phi) is 4.56. The lowest BCUT2D eigenvalue weighted by molar-refractivity contribution is 0.0581. The number of hydrogen-bond donors (Lipinski definition) is 1. The Morgan fingerprint density at radius 1 is 1.30 bits per heavy atom. The number of fused-ring (bicyclic) bond motifs is 1. The molecule has 1 aromatic heterocycles. The first-order valence-electron chi connectivity index (χ1n) is 6.59. The van der Waals surface area contributed by atoms with E-state index in [1.807, 2.05) is 0 Å². The average molecular weight is 385 g/mol. The molecule has 0 aliphatic carbocycles. The Bertz CT molecular complexity index is 789. The minimum Gasteiger partial charge on any atom is -0.464 e. The molecule has 0 spiro atoms. The van der Waals surface area contributed by atoms with Crippen molar-refractivity contribution >= 4 is 44.7 Å². The number of carbonyl (C=O) groups excluding carboxylic acids is 1. The highest BCUT2D eigenvalue weighted by Crippen LogP contribution is 2.28. The van der Waals surface area contributed by atoms with E-state index in [1.54, 1.807) is 20.8 Å². The van der Waals surface area contributed by atoms with Gasteiger partial charge in [0.2, 0.25) is 0 Å². The second kappa shape index (κ2) is 6.11. The number of imide groups is 1. The largest absolute Gasteiger partial charge is 0.464 e. The van der Waals surface area contributed by atoms with Gasteiger partial charge in [-0.25, -0.2) is 19.0 Å². The topological polar surface area (TPSA) is 79.7 Å². The lowest BCUT2D eigenvalue weighted by Crippen LogP contribution is -2.40. The number of hydrogen-bond acceptors (Lipinski definition) is 4. The van der Waals surface area contributed by atoms with Crippen LogP contribution in [0.15, 0.2) is 28.9 Å². The highest BCUT2D eigenvalue weighted by molar-refractivity contribution is 9.10. The van der Waals surface area contributed by atoms with Gasteiger partial charge in [-0.2, -0.15) is 4.90 Å². The van der Waals surface area contributed by atoms with E-state index in [0.717, 1.165) is 0 Å². The van der Waals surface area contributed by atoms with Crippen molar-refractivity contribution in [1.29, 1.82) is 0 Å². The van der Waals surface area contributed by atoms with Crippen LogP contribution < -0.4 is 4.90 Å². The van der Waals surface area contributed by atoms with Crippen molar-refractivity contribution in [1.82, 2.24) is 4.98 Å². The summed E-state index contributed by atoms with van der Waals surface area (Å²) in [5.41, 5.74) is -0.864. The van der Waals surface area contributed by atoms with Crippen LogP contribution in [0.5, 0.6) is 0 Å². The SMILES string of the molecule is CC(C)(C)OC(=O)N(C(=O)O)c1cc2cc(F)cc(Br)c2cn1. The first-order valence-corrected chi connectivity index (χ1v) is 7.38. The van der Waals surface area contributed by atoms with Crippen LogP contribution in [0.2, 0.25) is 0 Å². The third-order valence-electron chi connectivity index (χ3n) is 2.73. The molecule has 0 atom stereocenters. The minimum atomic E-state index is -1.54. The fourth-order valence-electron chi connectivity index (χ4n) is 1.87. The first kappa shape index (κ1) is 17.1. The van der Waals surface area contributed by atoms with Gasteiger partial charge in [0, 0.05) is 16.1 Å². The van der Waals surface area contributed by atoms with E-state index < -0.39 is 23.6 Å². The standard InChI is InChI=1S/C15H14BrFN2O4/c1-15(2,3)23-14(22)19(13(20)21)12-5-8-4-9(17)6-11(16)10(8)7-18-12/h4-7H,1-3H3,(H,20,21). The summed E-state index contributed by atoms with van der Waals surface area (Å²) in [5, 5.41) is 10.3. The van der Waals surface area contributed by atoms with Crippen LogP contribution in [0.1, 0.15) is 20.8 Å². The van der Waals surface area contributed by atoms with Crippen LogP contribution in [-0.2, 0) is 4.74 Å². The zero-order valence-corrected chi connectivity index (χ0v) is 14.2. The number of carboxylic acid groups (broad SMARTS) is 1. The Hall–Kier alpha value is -2.22. The van der Waals surface area contributed by atoms with E-state index in [1.165, 1.54) is 24.4 Å². The summed E-state index contributed by atoms with van der Waals surface area (Å²) in [7, 11) is 0. The summed E-state index contributed by atoms with van der Waals surface area (Å²) >= 11 is 3.21. The van der Waals surface area contributed by atoms with Crippen molar-refractivity contribution in [3.63, 3.8) is 0 Å². The van der Waals surface area contributed by atoms with Crippen molar-refractivity contribution in [2.75, 3.05) is 4.90 Å². The molecular weight excluding hydrogens is 371 g/mol. The van der Waals surface area contributed by atoms with Crippen molar-refractivity contribution in [2.24, 2.45) is 0 Å². The molecule has 0 saturated heterocycles. The van der Waals surface area contributed by atoms with E-state index in [4.69, 9.17) is 4.74 Å². The van der Waals surface area contributed by atoms with Crippen molar-refractivity contribution in [3.8, 4) is 0 Å². The molecule has 1 aromatic carbocycles. The number of halogens is 2. The molecule has 23 heavy (non-hydrogen) atoms. The second-order valence-electron chi connectivity index (χ2n) is 5.75. The maximum Gasteiger partial charge on any atom is 0.425 e. The molecule has 6 nitrogen and oxygen atoms in total. The predicted molar refractivity (Wildman–Crippen MR) is 86.1 cm³/mol. The van der Waals surface area contributed by atoms with Crippen LogP contribution >= 0.6 is 15.9 Å². The molecule has 2 aromatic rings. The van der Waals surface area contributed by atoms with Crippen LogP contribution in [-0.4, -0.2) is 27.9 Å². The number of amides is 2. The average Bonchev–Trinajstić information content (AvgIpc) is 2.35. The number of anilines is 1. The van der Waals surface area contributed by atoms with Gasteiger partial charge in [0.1, 0.15) is 17.2 Å². The fraction of sp³-hybridized carbons (Fsp3) is 0.267. The molecule has 0 aliphatic heterocycles. The van der Waals surface area contributed by atoms with E-state index >= 15 is 0 Å². The number of ether oxygens (including phenoxy) is 1. The Labute approximate surface area is 140 Å². The van der Waals surface area contributed by atoms with E-state index in [9.17, 15) is 19.1 Å². The number of carbonyl (C=O) groups is 2. The van der Waals surface area contributed by atoms with Gasteiger partial charge >= 0.3 is 12.2 Å². The Morgan fingerprint density at radius 3 is 2.52 bits per heavy atom. The van der Waals surface area contributed by atoms with Gasteiger partial charge in [0.05, 0.1) is 0 Å². The molecule has 1 heterocycles. The summed E-state index contributed by atoms with van der Waals surface area (Å²) in [5.74, 6) is -0.669. The Morgan fingerprint density at radius 2 is 1.96 bits per heavy atom. The fourth-order valence-corrected chi connectivity index (χ4v) is 2.42. The van der Waals surface area contributed by atoms with Gasteiger partial charge in [-0.15, -0.1) is 0 Å². The van der Waals surface area contributed by atoms with Crippen molar-refractivity contribution in [2.45, 2.75) is 26.4 Å².